The van der Waals surface area contributed by atoms with Crippen LogP contribution in [-0.2, 0) is 9.53 Å². The van der Waals surface area contributed by atoms with E-state index in [1.807, 2.05) is 36.7 Å². The lowest BCUT2D eigenvalue weighted by Gasteiger charge is -2.41. The number of esters is 1. The molecule has 2 aromatic heterocycles. The topological polar surface area (TPSA) is 73.1 Å². The molecule has 1 saturated carbocycles. The molecule has 0 bridgehead atoms. The number of hydrogen-bond acceptors (Lipinski definition) is 6. The molecule has 3 aromatic rings. The largest absolute Gasteiger partial charge is 0.469 e. The number of carbonyl (C=O) groups is 1. The molecule has 0 N–H and O–H groups in total. The Balaban J connectivity index is 1.19. The van der Waals surface area contributed by atoms with Gasteiger partial charge in [-0.25, -0.2) is 4.98 Å². The third-order valence-corrected chi connectivity index (χ3v) is 7.17. The first kappa shape index (κ1) is 21.1. The number of benzene rings is 1. The van der Waals surface area contributed by atoms with E-state index in [4.69, 9.17) is 9.72 Å². The normalized spacial score (nSPS) is 22.8. The lowest BCUT2D eigenvalue weighted by atomic mass is 9.82. The van der Waals surface area contributed by atoms with Crippen LogP contribution in [0.3, 0.4) is 0 Å². The zero-order valence-electron chi connectivity index (χ0n) is 18.7. The van der Waals surface area contributed by atoms with E-state index in [1.165, 1.54) is 20.0 Å². The Labute approximate surface area is 188 Å². The summed E-state index contributed by atoms with van der Waals surface area (Å²) in [5.74, 6) is 0.399. The number of hydrogen-bond donors (Lipinski definition) is 0. The number of piperidine rings is 1. The Morgan fingerprint density at radius 3 is 2.69 bits per heavy atom. The second-order valence-electron chi connectivity index (χ2n) is 9.19. The highest BCUT2D eigenvalue weighted by Crippen LogP contribution is 2.33. The van der Waals surface area contributed by atoms with E-state index in [0.29, 0.717) is 24.4 Å². The zero-order valence-corrected chi connectivity index (χ0v) is 18.7. The summed E-state index contributed by atoms with van der Waals surface area (Å²) >= 11 is 0. The number of rotatable bonds is 5. The van der Waals surface area contributed by atoms with Gasteiger partial charge in [0.25, 0.3) is 0 Å². The fourth-order valence-electron chi connectivity index (χ4n) is 5.38. The van der Waals surface area contributed by atoms with Crippen LogP contribution in [0.2, 0.25) is 0 Å². The second-order valence-corrected chi connectivity index (χ2v) is 9.19. The van der Waals surface area contributed by atoms with Gasteiger partial charge >= 0.3 is 5.97 Å². The molecule has 2 unspecified atom stereocenters. The van der Waals surface area contributed by atoms with Gasteiger partial charge in [-0.2, -0.15) is 5.10 Å². The standard InChI is InChI=1S/C25H31N5O2/c1-32-25(31)14-18-5-4-6-21(13-18)29-11-9-20(10-12-29)30-17-19(15-27-30)24-16-26-22-7-2-3-8-23(22)28-24/h2-3,7-8,15-18,20-21H,4-6,9-14H2,1H3. The smallest absolute Gasteiger partial charge is 0.305 e. The molecule has 168 valence electrons. The third kappa shape index (κ3) is 4.53. The van der Waals surface area contributed by atoms with Crippen molar-refractivity contribution in [2.24, 2.45) is 5.92 Å². The van der Waals surface area contributed by atoms with Gasteiger partial charge in [-0.05, 0) is 50.2 Å². The first-order chi connectivity index (χ1) is 15.7. The van der Waals surface area contributed by atoms with E-state index in [1.54, 1.807) is 0 Å². The molecule has 2 fully saturated rings. The minimum Gasteiger partial charge on any atom is -0.469 e. The van der Waals surface area contributed by atoms with Crippen molar-refractivity contribution in [2.75, 3.05) is 20.2 Å². The lowest BCUT2D eigenvalue weighted by molar-refractivity contribution is -0.142. The fraction of sp³-hybridized carbons (Fsp3) is 0.520. The van der Waals surface area contributed by atoms with Crippen LogP contribution in [0.15, 0.2) is 42.9 Å². The minimum absolute atomic E-state index is 0.0695. The van der Waals surface area contributed by atoms with E-state index >= 15 is 0 Å². The molecule has 0 amide bonds. The molecule has 2 aliphatic rings. The van der Waals surface area contributed by atoms with Crippen LogP contribution in [0.5, 0.6) is 0 Å². The maximum atomic E-state index is 11.7. The summed E-state index contributed by atoms with van der Waals surface area (Å²) in [4.78, 5) is 23.6. The van der Waals surface area contributed by atoms with Gasteiger partial charge in [0, 0.05) is 37.3 Å². The predicted octanol–water partition coefficient (Wildman–Crippen LogP) is 4.25. The maximum Gasteiger partial charge on any atom is 0.305 e. The van der Waals surface area contributed by atoms with Gasteiger partial charge in [0.2, 0.25) is 0 Å². The van der Waals surface area contributed by atoms with Crippen LogP contribution in [0, 0.1) is 5.92 Å². The third-order valence-electron chi connectivity index (χ3n) is 7.17. The quantitative estimate of drug-likeness (QED) is 0.560. The molecule has 2 atom stereocenters. The van der Waals surface area contributed by atoms with Crippen molar-refractivity contribution in [2.45, 2.75) is 57.0 Å². The minimum atomic E-state index is -0.0695. The molecule has 1 saturated heterocycles. The molecule has 32 heavy (non-hydrogen) atoms. The van der Waals surface area contributed by atoms with Gasteiger partial charge in [0.05, 0.1) is 42.3 Å². The summed E-state index contributed by atoms with van der Waals surface area (Å²) in [6.45, 7) is 2.18. The number of ether oxygens (including phenoxy) is 1. The van der Waals surface area contributed by atoms with Crippen LogP contribution in [0.1, 0.15) is 51.0 Å². The molecule has 7 heteroatoms. The molecule has 0 radical (unpaired) electrons. The Morgan fingerprint density at radius 2 is 1.88 bits per heavy atom. The highest BCUT2D eigenvalue weighted by atomic mass is 16.5. The van der Waals surface area contributed by atoms with Crippen molar-refractivity contribution >= 4 is 17.0 Å². The highest BCUT2D eigenvalue weighted by Gasteiger charge is 2.31. The van der Waals surface area contributed by atoms with E-state index in [2.05, 4.69) is 25.9 Å². The number of nitrogens with zero attached hydrogens (tertiary/aromatic N) is 5. The summed E-state index contributed by atoms with van der Waals surface area (Å²) in [6, 6.07) is 8.96. The van der Waals surface area contributed by atoms with Crippen molar-refractivity contribution < 1.29 is 9.53 Å². The molecular weight excluding hydrogens is 402 g/mol. The van der Waals surface area contributed by atoms with Crippen molar-refractivity contribution in [3.63, 3.8) is 0 Å². The number of carbonyl (C=O) groups excluding carboxylic acids is 1. The Bertz CT molecular complexity index is 1070. The number of para-hydroxylation sites is 2. The van der Waals surface area contributed by atoms with Gasteiger partial charge in [-0.15, -0.1) is 0 Å². The van der Waals surface area contributed by atoms with Gasteiger partial charge in [0.1, 0.15) is 0 Å². The monoisotopic (exact) mass is 433 g/mol. The van der Waals surface area contributed by atoms with Gasteiger partial charge in [0.15, 0.2) is 0 Å². The molecule has 1 aliphatic heterocycles. The van der Waals surface area contributed by atoms with E-state index < -0.39 is 0 Å². The van der Waals surface area contributed by atoms with Crippen molar-refractivity contribution in [1.29, 1.82) is 0 Å². The molecular formula is C25H31N5O2. The van der Waals surface area contributed by atoms with Crippen LogP contribution < -0.4 is 0 Å². The average Bonchev–Trinajstić information content (AvgIpc) is 3.34. The fourth-order valence-corrected chi connectivity index (χ4v) is 5.38. The predicted molar refractivity (Wildman–Crippen MR) is 123 cm³/mol. The summed E-state index contributed by atoms with van der Waals surface area (Å²) in [5, 5.41) is 4.67. The molecule has 7 nitrogen and oxygen atoms in total. The van der Waals surface area contributed by atoms with Crippen molar-refractivity contribution in [1.82, 2.24) is 24.6 Å². The second kappa shape index (κ2) is 9.36. The van der Waals surface area contributed by atoms with E-state index in [0.717, 1.165) is 61.1 Å². The number of fused-ring (bicyclic) bond motifs is 1. The van der Waals surface area contributed by atoms with Crippen LogP contribution >= 0.6 is 0 Å². The zero-order chi connectivity index (χ0) is 21.9. The first-order valence-electron chi connectivity index (χ1n) is 11.8. The number of aromatic nitrogens is 4. The van der Waals surface area contributed by atoms with Crippen LogP contribution in [0.25, 0.3) is 22.3 Å². The SMILES string of the molecule is COC(=O)CC1CCCC(N2CCC(n3cc(-c4cnc5ccccc5n4)cn3)CC2)C1. The Hall–Kier alpha value is -2.80. The summed E-state index contributed by atoms with van der Waals surface area (Å²) in [7, 11) is 1.49. The van der Waals surface area contributed by atoms with E-state index in [9.17, 15) is 4.79 Å². The van der Waals surface area contributed by atoms with Gasteiger partial charge in [-0.1, -0.05) is 18.6 Å². The highest BCUT2D eigenvalue weighted by molar-refractivity contribution is 5.76. The molecule has 0 spiro atoms. The van der Waals surface area contributed by atoms with Gasteiger partial charge in [-0.3, -0.25) is 14.5 Å². The average molecular weight is 434 g/mol. The maximum absolute atomic E-state index is 11.7. The van der Waals surface area contributed by atoms with Crippen molar-refractivity contribution in [3.8, 4) is 11.3 Å². The summed E-state index contributed by atoms with van der Waals surface area (Å²) in [5.41, 5.74) is 3.70. The number of likely N-dealkylation sites (tertiary alicyclic amines) is 1. The van der Waals surface area contributed by atoms with Crippen LogP contribution in [0.4, 0.5) is 0 Å². The Kier molecular flexibility index (Phi) is 6.17. The van der Waals surface area contributed by atoms with Crippen molar-refractivity contribution in [3.05, 3.63) is 42.9 Å². The van der Waals surface area contributed by atoms with Gasteiger partial charge < -0.3 is 9.64 Å². The molecule has 3 heterocycles. The Morgan fingerprint density at radius 1 is 1.06 bits per heavy atom. The number of methoxy groups -OCH3 is 1. The molecule has 1 aliphatic carbocycles. The first-order valence-corrected chi connectivity index (χ1v) is 11.8. The molecule has 5 rings (SSSR count). The summed E-state index contributed by atoms with van der Waals surface area (Å²) in [6.07, 6.45) is 13.3. The lowest BCUT2D eigenvalue weighted by Crippen LogP contribution is -2.44. The molecule has 1 aromatic carbocycles. The summed E-state index contributed by atoms with van der Waals surface area (Å²) < 4.78 is 7.00. The van der Waals surface area contributed by atoms with E-state index in [-0.39, 0.29) is 5.97 Å². The van der Waals surface area contributed by atoms with Crippen LogP contribution in [-0.4, -0.2) is 56.9 Å².